The molecular weight excluding hydrogens is 264 g/mol. The van der Waals surface area contributed by atoms with Crippen LogP contribution in [0.3, 0.4) is 0 Å². The van der Waals surface area contributed by atoms with Gasteiger partial charge in [0.25, 0.3) is 0 Å². The van der Waals surface area contributed by atoms with Crippen LogP contribution >= 0.6 is 0 Å². The Morgan fingerprint density at radius 1 is 0.905 bits per heavy atom. The Hall–Kier alpha value is -1.59. The van der Waals surface area contributed by atoms with Gasteiger partial charge in [0.2, 0.25) is 17.8 Å². The minimum Gasteiger partial charge on any atom is -0.357 e. The molecule has 0 bridgehead atoms. The molecule has 1 N–H and O–H groups in total. The van der Waals surface area contributed by atoms with Crippen LogP contribution in [0.1, 0.15) is 45.4 Å². The lowest BCUT2D eigenvalue weighted by Gasteiger charge is -2.28. The average molecular weight is 290 g/mol. The highest BCUT2D eigenvalue weighted by molar-refractivity contribution is 5.46. The van der Waals surface area contributed by atoms with Gasteiger partial charge >= 0.3 is 0 Å². The Labute approximate surface area is 127 Å². The lowest BCUT2D eigenvalue weighted by molar-refractivity contribution is 0.603. The summed E-state index contributed by atoms with van der Waals surface area (Å²) < 4.78 is 0. The number of aromatic nitrogens is 3. The molecule has 1 aromatic rings. The van der Waals surface area contributed by atoms with Crippen LogP contribution in [0.25, 0.3) is 0 Å². The molecule has 3 rings (SSSR count). The Morgan fingerprint density at radius 3 is 2.38 bits per heavy atom. The van der Waals surface area contributed by atoms with Crippen LogP contribution in [-0.4, -0.2) is 47.7 Å². The normalized spacial score (nSPS) is 23.2. The van der Waals surface area contributed by atoms with Gasteiger partial charge in [-0.15, -0.1) is 0 Å². The predicted octanol–water partition coefficient (Wildman–Crippen LogP) is 2.28. The fraction of sp³-hybridized carbons (Fsp3) is 0.800. The van der Waals surface area contributed by atoms with Crippen molar-refractivity contribution in [2.24, 2.45) is 0 Å². The SMILES string of the molecule is CNc1nc(N2CCCC2)nc(N2CCCCCC2C)n1. The largest absolute Gasteiger partial charge is 0.357 e. The van der Waals surface area contributed by atoms with Gasteiger partial charge in [-0.3, -0.25) is 0 Å². The number of nitrogens with zero attached hydrogens (tertiary/aromatic N) is 5. The highest BCUT2D eigenvalue weighted by Crippen LogP contribution is 2.24. The van der Waals surface area contributed by atoms with Gasteiger partial charge in [-0.2, -0.15) is 15.0 Å². The van der Waals surface area contributed by atoms with Crippen LogP contribution in [0.2, 0.25) is 0 Å². The number of hydrogen-bond donors (Lipinski definition) is 1. The molecule has 6 nitrogen and oxygen atoms in total. The molecule has 21 heavy (non-hydrogen) atoms. The van der Waals surface area contributed by atoms with E-state index in [0.717, 1.165) is 31.5 Å². The van der Waals surface area contributed by atoms with E-state index >= 15 is 0 Å². The van der Waals surface area contributed by atoms with Crippen molar-refractivity contribution in [1.29, 1.82) is 0 Å². The molecule has 0 radical (unpaired) electrons. The predicted molar refractivity (Wildman–Crippen MR) is 86.1 cm³/mol. The van der Waals surface area contributed by atoms with Gasteiger partial charge in [-0.25, -0.2) is 0 Å². The molecule has 0 aromatic carbocycles. The Bertz CT molecular complexity index is 471. The molecule has 0 amide bonds. The van der Waals surface area contributed by atoms with Crippen molar-refractivity contribution in [3.63, 3.8) is 0 Å². The first-order valence-corrected chi connectivity index (χ1v) is 8.23. The van der Waals surface area contributed by atoms with Gasteiger partial charge in [-0.05, 0) is 32.6 Å². The highest BCUT2D eigenvalue weighted by Gasteiger charge is 2.23. The van der Waals surface area contributed by atoms with E-state index in [-0.39, 0.29) is 0 Å². The second kappa shape index (κ2) is 6.45. The van der Waals surface area contributed by atoms with Crippen molar-refractivity contribution in [2.45, 2.75) is 51.5 Å². The first-order valence-electron chi connectivity index (χ1n) is 8.23. The summed E-state index contributed by atoms with van der Waals surface area (Å²) in [6.07, 6.45) is 7.53. The summed E-state index contributed by atoms with van der Waals surface area (Å²) in [5, 5.41) is 3.09. The molecule has 3 heterocycles. The van der Waals surface area contributed by atoms with Crippen molar-refractivity contribution in [1.82, 2.24) is 15.0 Å². The zero-order chi connectivity index (χ0) is 14.7. The second-order valence-electron chi connectivity index (χ2n) is 6.09. The molecule has 2 saturated heterocycles. The number of anilines is 3. The summed E-state index contributed by atoms with van der Waals surface area (Å²) in [6, 6.07) is 0.506. The van der Waals surface area contributed by atoms with E-state index in [1.807, 2.05) is 7.05 Å². The van der Waals surface area contributed by atoms with E-state index in [1.165, 1.54) is 38.5 Å². The van der Waals surface area contributed by atoms with E-state index < -0.39 is 0 Å². The van der Waals surface area contributed by atoms with E-state index in [9.17, 15) is 0 Å². The van der Waals surface area contributed by atoms with E-state index in [1.54, 1.807) is 0 Å². The fourth-order valence-electron chi connectivity index (χ4n) is 3.22. The molecule has 0 aliphatic carbocycles. The van der Waals surface area contributed by atoms with Crippen molar-refractivity contribution in [3.05, 3.63) is 0 Å². The highest BCUT2D eigenvalue weighted by atomic mass is 15.4. The molecular formula is C15H26N6. The van der Waals surface area contributed by atoms with Crippen LogP contribution in [0.5, 0.6) is 0 Å². The lowest BCUT2D eigenvalue weighted by Crippen LogP contribution is -2.35. The molecule has 0 spiro atoms. The fourth-order valence-corrected chi connectivity index (χ4v) is 3.22. The number of rotatable bonds is 3. The zero-order valence-electron chi connectivity index (χ0n) is 13.2. The van der Waals surface area contributed by atoms with Gasteiger partial charge in [0.15, 0.2) is 0 Å². The maximum atomic E-state index is 4.77. The summed E-state index contributed by atoms with van der Waals surface area (Å²) in [7, 11) is 1.87. The standard InChI is InChI=1S/C15H26N6/c1-12-8-4-3-5-11-21(12)15-18-13(16-2)17-14(19-15)20-9-6-7-10-20/h12H,3-11H2,1-2H3,(H,16,17,18,19). The van der Waals surface area contributed by atoms with Gasteiger partial charge in [0.05, 0.1) is 0 Å². The molecule has 1 aromatic heterocycles. The summed E-state index contributed by atoms with van der Waals surface area (Å²) in [4.78, 5) is 18.5. The second-order valence-corrected chi connectivity index (χ2v) is 6.09. The van der Waals surface area contributed by atoms with Crippen LogP contribution in [-0.2, 0) is 0 Å². The maximum absolute atomic E-state index is 4.77. The third-order valence-electron chi connectivity index (χ3n) is 4.53. The number of nitrogens with one attached hydrogen (secondary N) is 1. The first kappa shape index (κ1) is 14.4. The van der Waals surface area contributed by atoms with Gasteiger partial charge in [0.1, 0.15) is 0 Å². The molecule has 0 saturated carbocycles. The van der Waals surface area contributed by atoms with Crippen LogP contribution in [0.4, 0.5) is 17.8 Å². The number of hydrogen-bond acceptors (Lipinski definition) is 6. The molecule has 2 aliphatic heterocycles. The van der Waals surface area contributed by atoms with Crippen molar-refractivity contribution in [2.75, 3.05) is 41.8 Å². The van der Waals surface area contributed by atoms with E-state index in [0.29, 0.717) is 12.0 Å². The summed E-state index contributed by atoms with van der Waals surface area (Å²) >= 11 is 0. The monoisotopic (exact) mass is 290 g/mol. The van der Waals surface area contributed by atoms with Gasteiger partial charge in [0, 0.05) is 32.7 Å². The van der Waals surface area contributed by atoms with Crippen LogP contribution < -0.4 is 15.1 Å². The minimum absolute atomic E-state index is 0.506. The molecule has 116 valence electrons. The topological polar surface area (TPSA) is 57.2 Å². The molecule has 6 heteroatoms. The van der Waals surface area contributed by atoms with Crippen molar-refractivity contribution >= 4 is 17.8 Å². The Kier molecular flexibility index (Phi) is 4.41. The summed E-state index contributed by atoms with van der Waals surface area (Å²) in [5.74, 6) is 2.35. The minimum atomic E-state index is 0.506. The van der Waals surface area contributed by atoms with Gasteiger partial charge < -0.3 is 15.1 Å². The average Bonchev–Trinajstić information content (AvgIpc) is 2.96. The van der Waals surface area contributed by atoms with E-state index in [2.05, 4.69) is 32.0 Å². The quantitative estimate of drug-likeness (QED) is 0.921. The zero-order valence-corrected chi connectivity index (χ0v) is 13.2. The van der Waals surface area contributed by atoms with Crippen molar-refractivity contribution in [3.8, 4) is 0 Å². The molecule has 1 atom stereocenters. The first-order chi connectivity index (χ1) is 10.3. The smallest absolute Gasteiger partial charge is 0.232 e. The Morgan fingerprint density at radius 2 is 1.62 bits per heavy atom. The third kappa shape index (κ3) is 3.19. The maximum Gasteiger partial charge on any atom is 0.232 e. The van der Waals surface area contributed by atoms with Crippen LogP contribution in [0, 0.1) is 0 Å². The van der Waals surface area contributed by atoms with Gasteiger partial charge in [-0.1, -0.05) is 12.8 Å². The third-order valence-corrected chi connectivity index (χ3v) is 4.53. The molecule has 2 aliphatic rings. The van der Waals surface area contributed by atoms with E-state index in [4.69, 9.17) is 4.98 Å². The van der Waals surface area contributed by atoms with Crippen molar-refractivity contribution < 1.29 is 0 Å². The lowest BCUT2D eigenvalue weighted by atomic mass is 10.1. The summed E-state index contributed by atoms with van der Waals surface area (Å²) in [5.41, 5.74) is 0. The summed E-state index contributed by atoms with van der Waals surface area (Å²) in [6.45, 7) is 5.45. The van der Waals surface area contributed by atoms with Crippen LogP contribution in [0.15, 0.2) is 0 Å². The Balaban J connectivity index is 1.90. The molecule has 2 fully saturated rings. The molecule has 1 unspecified atom stereocenters.